The van der Waals surface area contributed by atoms with Crippen LogP contribution >= 0.6 is 0 Å². The second-order valence-electron chi connectivity index (χ2n) is 5.42. The van der Waals surface area contributed by atoms with Crippen LogP contribution in [0.4, 0.5) is 4.79 Å². The van der Waals surface area contributed by atoms with Crippen LogP contribution in [-0.4, -0.2) is 55.0 Å². The molecule has 1 fully saturated rings. The Morgan fingerprint density at radius 2 is 1.95 bits per heavy atom. The van der Waals surface area contributed by atoms with E-state index in [1.54, 1.807) is 20.8 Å². The summed E-state index contributed by atoms with van der Waals surface area (Å²) in [5, 5.41) is 13.5. The molecule has 0 bridgehead atoms. The molecular formula is C13H24N2O6. The molecule has 0 spiro atoms. The number of nitrogens with one attached hydrogen (secondary N) is 2. The van der Waals surface area contributed by atoms with E-state index in [-0.39, 0.29) is 12.6 Å². The maximum atomic E-state index is 10.9. The van der Waals surface area contributed by atoms with Gasteiger partial charge < -0.3 is 25.2 Å². The number of carboxylic acid groups (broad SMARTS) is 1. The lowest BCUT2D eigenvalue weighted by atomic mass is 10.2. The molecule has 1 aliphatic rings. The molecule has 1 atom stereocenters. The summed E-state index contributed by atoms with van der Waals surface area (Å²) in [5.41, 5.74) is -0.555. The molecule has 1 aliphatic heterocycles. The molecule has 1 heterocycles. The number of carbonyl (C=O) groups is 3. The summed E-state index contributed by atoms with van der Waals surface area (Å²) in [4.78, 5) is 31.7. The van der Waals surface area contributed by atoms with Crippen LogP contribution in [0.3, 0.4) is 0 Å². The average molecular weight is 304 g/mol. The number of hydrogen-bond donors (Lipinski definition) is 3. The molecule has 0 aromatic carbocycles. The zero-order valence-corrected chi connectivity index (χ0v) is 12.9. The number of alkyl carbamates (subject to hydrolysis) is 1. The van der Waals surface area contributed by atoms with Gasteiger partial charge in [0, 0.05) is 0 Å². The fourth-order valence-electron chi connectivity index (χ4n) is 1.43. The number of hydrogen-bond acceptors (Lipinski definition) is 6. The molecular weight excluding hydrogens is 280 g/mol. The summed E-state index contributed by atoms with van der Waals surface area (Å²) >= 11 is 0. The standard InChI is InChI=1S/C8H15NO4.C5H9NO2/c1-8(2,3)13-7(11)9-5-6(10)12-4;7-5(8)4-2-1-3-6-4/h5H2,1-4H3,(H,9,11);4,6H,1-3H2,(H,7,8)/t;4-/m.0/s1. The maximum Gasteiger partial charge on any atom is 0.408 e. The van der Waals surface area contributed by atoms with Gasteiger partial charge in [0.2, 0.25) is 0 Å². The van der Waals surface area contributed by atoms with Gasteiger partial charge in [0.25, 0.3) is 0 Å². The van der Waals surface area contributed by atoms with Crippen LogP contribution in [0.15, 0.2) is 0 Å². The summed E-state index contributed by atoms with van der Waals surface area (Å²) in [6.07, 6.45) is 1.16. The number of methoxy groups -OCH3 is 1. The highest BCUT2D eigenvalue weighted by Crippen LogP contribution is 2.06. The van der Waals surface area contributed by atoms with Crippen molar-refractivity contribution in [2.45, 2.75) is 45.3 Å². The Morgan fingerprint density at radius 3 is 2.29 bits per heavy atom. The number of aliphatic carboxylic acids is 1. The summed E-state index contributed by atoms with van der Waals surface area (Å²) in [6, 6.07) is -0.269. The minimum Gasteiger partial charge on any atom is -0.480 e. The monoisotopic (exact) mass is 304 g/mol. The van der Waals surface area contributed by atoms with Gasteiger partial charge in [0.15, 0.2) is 0 Å². The molecule has 122 valence electrons. The molecule has 3 N–H and O–H groups in total. The van der Waals surface area contributed by atoms with E-state index >= 15 is 0 Å². The minimum absolute atomic E-state index is 0.175. The number of ether oxygens (including phenoxy) is 2. The van der Waals surface area contributed by atoms with Crippen molar-refractivity contribution in [2.75, 3.05) is 20.2 Å². The van der Waals surface area contributed by atoms with E-state index in [4.69, 9.17) is 9.84 Å². The Morgan fingerprint density at radius 1 is 1.33 bits per heavy atom. The van der Waals surface area contributed by atoms with E-state index in [0.29, 0.717) is 0 Å². The largest absolute Gasteiger partial charge is 0.480 e. The molecule has 0 radical (unpaired) electrons. The molecule has 8 heteroatoms. The van der Waals surface area contributed by atoms with Crippen molar-refractivity contribution in [3.05, 3.63) is 0 Å². The predicted octanol–water partition coefficient (Wildman–Crippen LogP) is 0.507. The molecule has 0 saturated carbocycles. The van der Waals surface area contributed by atoms with Gasteiger partial charge in [-0.05, 0) is 40.2 Å². The number of carboxylic acids is 1. The lowest BCUT2D eigenvalue weighted by molar-refractivity contribution is -0.140. The van der Waals surface area contributed by atoms with Crippen molar-refractivity contribution >= 4 is 18.0 Å². The molecule has 0 aliphatic carbocycles. The fraction of sp³-hybridized carbons (Fsp3) is 0.769. The van der Waals surface area contributed by atoms with Gasteiger partial charge in [0.05, 0.1) is 7.11 Å². The zero-order chi connectivity index (χ0) is 16.5. The molecule has 1 saturated heterocycles. The summed E-state index contributed by atoms with van der Waals surface area (Å²) in [7, 11) is 1.25. The normalized spacial score (nSPS) is 17.2. The van der Waals surface area contributed by atoms with E-state index < -0.39 is 23.6 Å². The Bertz CT molecular complexity index is 358. The SMILES string of the molecule is COC(=O)CNC(=O)OC(C)(C)C.O=C(O)[C@@H]1CCCN1. The molecule has 1 rings (SSSR count). The Hall–Kier alpha value is -1.83. The quantitative estimate of drug-likeness (QED) is 0.651. The fourth-order valence-corrected chi connectivity index (χ4v) is 1.43. The zero-order valence-electron chi connectivity index (χ0n) is 12.9. The molecule has 21 heavy (non-hydrogen) atoms. The van der Waals surface area contributed by atoms with Gasteiger partial charge in [-0.15, -0.1) is 0 Å². The van der Waals surface area contributed by atoms with Gasteiger partial charge in [-0.3, -0.25) is 9.59 Å². The van der Waals surface area contributed by atoms with E-state index in [0.717, 1.165) is 19.4 Å². The van der Waals surface area contributed by atoms with Crippen molar-refractivity contribution in [1.82, 2.24) is 10.6 Å². The first-order valence-corrected chi connectivity index (χ1v) is 6.65. The predicted molar refractivity (Wildman–Crippen MR) is 74.9 cm³/mol. The molecule has 1 amide bonds. The Kier molecular flexibility index (Phi) is 8.37. The van der Waals surface area contributed by atoms with Crippen LogP contribution in [0.1, 0.15) is 33.6 Å². The number of amides is 1. The highest BCUT2D eigenvalue weighted by Gasteiger charge is 2.20. The smallest absolute Gasteiger partial charge is 0.408 e. The van der Waals surface area contributed by atoms with Crippen LogP contribution in [-0.2, 0) is 19.1 Å². The summed E-state index contributed by atoms with van der Waals surface area (Å²) in [6.45, 7) is 5.91. The third-order valence-electron chi connectivity index (χ3n) is 2.36. The van der Waals surface area contributed by atoms with Gasteiger partial charge in [-0.2, -0.15) is 0 Å². The average Bonchev–Trinajstić information content (AvgIpc) is 2.88. The van der Waals surface area contributed by atoms with Crippen molar-refractivity contribution in [2.24, 2.45) is 0 Å². The molecule has 0 aromatic rings. The topological polar surface area (TPSA) is 114 Å². The van der Waals surface area contributed by atoms with Crippen LogP contribution in [0.5, 0.6) is 0 Å². The van der Waals surface area contributed by atoms with Gasteiger partial charge >= 0.3 is 18.0 Å². The van der Waals surface area contributed by atoms with Crippen molar-refractivity contribution in [3.63, 3.8) is 0 Å². The third-order valence-corrected chi connectivity index (χ3v) is 2.36. The third kappa shape index (κ3) is 10.6. The first kappa shape index (κ1) is 19.2. The minimum atomic E-state index is -0.720. The van der Waals surface area contributed by atoms with Crippen molar-refractivity contribution < 1.29 is 29.0 Å². The Labute approximate surface area is 124 Å². The molecule has 0 aromatic heterocycles. The Balaban J connectivity index is 0.000000423. The van der Waals surface area contributed by atoms with E-state index in [2.05, 4.69) is 15.4 Å². The summed E-state index contributed by atoms with van der Waals surface area (Å²) < 4.78 is 9.20. The lowest BCUT2D eigenvalue weighted by Crippen LogP contribution is -2.35. The van der Waals surface area contributed by atoms with E-state index in [9.17, 15) is 14.4 Å². The van der Waals surface area contributed by atoms with Crippen LogP contribution in [0.25, 0.3) is 0 Å². The van der Waals surface area contributed by atoms with E-state index in [1.807, 2.05) is 0 Å². The van der Waals surface area contributed by atoms with E-state index in [1.165, 1.54) is 7.11 Å². The van der Waals surface area contributed by atoms with Crippen LogP contribution < -0.4 is 10.6 Å². The maximum absolute atomic E-state index is 10.9. The number of esters is 1. The number of rotatable bonds is 3. The van der Waals surface area contributed by atoms with Crippen LogP contribution in [0.2, 0.25) is 0 Å². The first-order chi connectivity index (χ1) is 9.65. The summed E-state index contributed by atoms with van der Waals surface area (Å²) in [5.74, 6) is -1.23. The first-order valence-electron chi connectivity index (χ1n) is 6.65. The van der Waals surface area contributed by atoms with Crippen molar-refractivity contribution in [1.29, 1.82) is 0 Å². The lowest BCUT2D eigenvalue weighted by Gasteiger charge is -2.19. The number of carbonyl (C=O) groups excluding carboxylic acids is 2. The van der Waals surface area contributed by atoms with Gasteiger partial charge in [-0.25, -0.2) is 4.79 Å². The van der Waals surface area contributed by atoms with Crippen molar-refractivity contribution in [3.8, 4) is 0 Å². The highest BCUT2D eigenvalue weighted by molar-refractivity contribution is 5.77. The highest BCUT2D eigenvalue weighted by atomic mass is 16.6. The van der Waals surface area contributed by atoms with Gasteiger partial charge in [-0.1, -0.05) is 0 Å². The second-order valence-corrected chi connectivity index (χ2v) is 5.42. The van der Waals surface area contributed by atoms with Crippen LogP contribution in [0, 0.1) is 0 Å². The molecule has 8 nitrogen and oxygen atoms in total. The van der Waals surface area contributed by atoms with Gasteiger partial charge in [0.1, 0.15) is 18.2 Å². The second kappa shape index (κ2) is 9.17. The molecule has 0 unspecified atom stereocenters.